The van der Waals surface area contributed by atoms with E-state index in [0.29, 0.717) is 11.9 Å². The van der Waals surface area contributed by atoms with Gasteiger partial charge in [0.2, 0.25) is 0 Å². The molecule has 1 aliphatic heterocycles. The van der Waals surface area contributed by atoms with Crippen molar-refractivity contribution in [1.82, 2.24) is 9.80 Å². The maximum Gasteiger partial charge on any atom is 0.193 e. The number of nitrogens with one attached hydrogen (secondary N) is 1. The molecule has 0 amide bonds. The van der Waals surface area contributed by atoms with E-state index in [2.05, 4.69) is 53.0 Å². The lowest BCUT2D eigenvalue weighted by molar-refractivity contribution is 0.125. The molecule has 128 valence electrons. The van der Waals surface area contributed by atoms with E-state index in [1.54, 1.807) is 0 Å². The van der Waals surface area contributed by atoms with Gasteiger partial charge in [0.1, 0.15) is 0 Å². The number of guanidine groups is 1. The quantitative estimate of drug-likeness (QED) is 0.622. The summed E-state index contributed by atoms with van der Waals surface area (Å²) in [5.74, 6) is 1.01. The molecular formula is C18H31N5. The number of likely N-dealkylation sites (N-methyl/N-ethyl adjacent to an activating group) is 1. The largest absolute Gasteiger partial charge is 0.370 e. The Hall–Kier alpha value is -1.59. The van der Waals surface area contributed by atoms with E-state index >= 15 is 0 Å². The molecule has 23 heavy (non-hydrogen) atoms. The van der Waals surface area contributed by atoms with Crippen LogP contribution in [0, 0.1) is 12.8 Å². The first-order valence-corrected chi connectivity index (χ1v) is 8.65. The monoisotopic (exact) mass is 317 g/mol. The summed E-state index contributed by atoms with van der Waals surface area (Å²) >= 11 is 0. The number of aryl methyl sites for hydroxylation is 1. The zero-order chi connectivity index (χ0) is 16.7. The number of piperazine rings is 1. The molecule has 0 radical (unpaired) electrons. The fourth-order valence-electron chi connectivity index (χ4n) is 2.87. The zero-order valence-corrected chi connectivity index (χ0v) is 14.8. The van der Waals surface area contributed by atoms with Crippen molar-refractivity contribution in [3.63, 3.8) is 0 Å². The number of benzene rings is 1. The van der Waals surface area contributed by atoms with Crippen molar-refractivity contribution in [3.8, 4) is 0 Å². The molecule has 1 saturated heterocycles. The van der Waals surface area contributed by atoms with Crippen LogP contribution in [-0.2, 0) is 0 Å². The lowest BCUT2D eigenvalue weighted by Gasteiger charge is -2.35. The molecule has 5 heteroatoms. The van der Waals surface area contributed by atoms with Gasteiger partial charge in [-0.3, -0.25) is 4.99 Å². The molecule has 1 aromatic carbocycles. The summed E-state index contributed by atoms with van der Waals surface area (Å²) in [6.45, 7) is 14.3. The minimum atomic E-state index is 0.497. The van der Waals surface area contributed by atoms with Crippen LogP contribution in [0.4, 0.5) is 5.69 Å². The number of anilines is 1. The summed E-state index contributed by atoms with van der Waals surface area (Å²) in [5, 5.41) is 3.15. The lowest BCUT2D eigenvalue weighted by atomic mass is 10.1. The van der Waals surface area contributed by atoms with E-state index in [9.17, 15) is 0 Å². The van der Waals surface area contributed by atoms with E-state index in [4.69, 9.17) is 5.73 Å². The first-order valence-electron chi connectivity index (χ1n) is 8.65. The van der Waals surface area contributed by atoms with E-state index in [1.165, 1.54) is 31.7 Å². The van der Waals surface area contributed by atoms with Crippen molar-refractivity contribution in [2.45, 2.75) is 20.8 Å². The van der Waals surface area contributed by atoms with Crippen molar-refractivity contribution >= 4 is 11.6 Å². The fourth-order valence-corrected chi connectivity index (χ4v) is 2.87. The van der Waals surface area contributed by atoms with Gasteiger partial charge in [-0.15, -0.1) is 0 Å². The van der Waals surface area contributed by atoms with E-state index in [-0.39, 0.29) is 0 Å². The molecule has 1 aromatic rings. The van der Waals surface area contributed by atoms with Crippen LogP contribution in [0.25, 0.3) is 0 Å². The molecule has 0 aromatic heterocycles. The Labute approximate surface area is 140 Å². The van der Waals surface area contributed by atoms with Gasteiger partial charge in [-0.2, -0.15) is 0 Å². The highest BCUT2D eigenvalue weighted by Gasteiger charge is 2.17. The van der Waals surface area contributed by atoms with Crippen LogP contribution in [0.5, 0.6) is 0 Å². The highest BCUT2D eigenvalue weighted by Crippen LogP contribution is 2.09. The summed E-state index contributed by atoms with van der Waals surface area (Å²) in [6, 6.07) is 8.17. The van der Waals surface area contributed by atoms with Gasteiger partial charge in [-0.05, 0) is 31.5 Å². The van der Waals surface area contributed by atoms with E-state index in [1.807, 2.05) is 12.1 Å². The highest BCUT2D eigenvalue weighted by molar-refractivity contribution is 5.92. The van der Waals surface area contributed by atoms with Gasteiger partial charge >= 0.3 is 0 Å². The van der Waals surface area contributed by atoms with Gasteiger partial charge in [0, 0.05) is 45.0 Å². The van der Waals surface area contributed by atoms with Gasteiger partial charge < -0.3 is 20.9 Å². The van der Waals surface area contributed by atoms with Gasteiger partial charge in [0.25, 0.3) is 0 Å². The van der Waals surface area contributed by atoms with Crippen LogP contribution in [0.3, 0.4) is 0 Å². The third kappa shape index (κ3) is 6.20. The maximum atomic E-state index is 5.98. The van der Waals surface area contributed by atoms with Crippen molar-refractivity contribution in [2.24, 2.45) is 16.6 Å². The average molecular weight is 317 g/mol. The van der Waals surface area contributed by atoms with Crippen LogP contribution in [0.15, 0.2) is 29.3 Å². The Balaban J connectivity index is 1.72. The number of nitrogens with zero attached hydrogens (tertiary/aromatic N) is 3. The Bertz CT molecular complexity index is 489. The molecule has 1 unspecified atom stereocenters. The third-order valence-electron chi connectivity index (χ3n) is 4.38. The Morgan fingerprint density at radius 2 is 1.78 bits per heavy atom. The number of rotatable bonds is 6. The van der Waals surface area contributed by atoms with E-state index < -0.39 is 0 Å². The first kappa shape index (κ1) is 17.8. The smallest absolute Gasteiger partial charge is 0.193 e. The standard InChI is InChI=1S/C18H31N5/c1-4-22-9-11-23(12-10-22)14-16(3)13-20-18(19)21-17-7-5-15(2)6-8-17/h5-8,16H,4,9-14H2,1-3H3,(H3,19,20,21). The van der Waals surface area contributed by atoms with Crippen molar-refractivity contribution in [1.29, 1.82) is 0 Å². The summed E-state index contributed by atoms with van der Waals surface area (Å²) in [7, 11) is 0. The first-order chi connectivity index (χ1) is 11.1. The minimum Gasteiger partial charge on any atom is -0.370 e. The molecule has 1 fully saturated rings. The summed E-state index contributed by atoms with van der Waals surface area (Å²) in [5.41, 5.74) is 8.21. The topological polar surface area (TPSA) is 56.9 Å². The molecule has 0 spiro atoms. The normalized spacial score (nSPS) is 18.8. The molecule has 0 saturated carbocycles. The predicted octanol–water partition coefficient (Wildman–Crippen LogP) is 2.00. The number of hydrogen-bond acceptors (Lipinski definition) is 3. The molecular weight excluding hydrogens is 286 g/mol. The van der Waals surface area contributed by atoms with Crippen LogP contribution in [0.1, 0.15) is 19.4 Å². The van der Waals surface area contributed by atoms with Crippen molar-refractivity contribution in [3.05, 3.63) is 29.8 Å². The number of aliphatic imine (C=N–C) groups is 1. The molecule has 2 rings (SSSR count). The second-order valence-electron chi connectivity index (χ2n) is 6.56. The molecule has 1 heterocycles. The minimum absolute atomic E-state index is 0.497. The Morgan fingerprint density at radius 1 is 1.17 bits per heavy atom. The van der Waals surface area contributed by atoms with Crippen molar-refractivity contribution in [2.75, 3.05) is 51.1 Å². The van der Waals surface area contributed by atoms with Gasteiger partial charge in [0.15, 0.2) is 5.96 Å². The molecule has 0 bridgehead atoms. The second kappa shape index (κ2) is 8.89. The molecule has 1 aliphatic rings. The Morgan fingerprint density at radius 3 is 2.39 bits per heavy atom. The third-order valence-corrected chi connectivity index (χ3v) is 4.38. The SMILES string of the molecule is CCN1CCN(CC(C)CN=C(N)Nc2ccc(C)cc2)CC1. The summed E-state index contributed by atoms with van der Waals surface area (Å²) < 4.78 is 0. The second-order valence-corrected chi connectivity index (χ2v) is 6.56. The van der Waals surface area contributed by atoms with Gasteiger partial charge in [-0.25, -0.2) is 0 Å². The van der Waals surface area contributed by atoms with E-state index in [0.717, 1.165) is 25.3 Å². The molecule has 3 N–H and O–H groups in total. The van der Waals surface area contributed by atoms with Gasteiger partial charge in [-0.1, -0.05) is 31.5 Å². The van der Waals surface area contributed by atoms with Gasteiger partial charge in [0.05, 0.1) is 0 Å². The number of hydrogen-bond donors (Lipinski definition) is 2. The molecule has 1 atom stereocenters. The fraction of sp³-hybridized carbons (Fsp3) is 0.611. The van der Waals surface area contributed by atoms with Crippen LogP contribution in [0.2, 0.25) is 0 Å². The lowest BCUT2D eigenvalue weighted by Crippen LogP contribution is -2.47. The summed E-state index contributed by atoms with van der Waals surface area (Å²) in [6.07, 6.45) is 0. The number of nitrogens with two attached hydrogens (primary N) is 1. The Kier molecular flexibility index (Phi) is 6.86. The molecule has 5 nitrogen and oxygen atoms in total. The maximum absolute atomic E-state index is 5.98. The zero-order valence-electron chi connectivity index (χ0n) is 14.8. The average Bonchev–Trinajstić information content (AvgIpc) is 2.56. The summed E-state index contributed by atoms with van der Waals surface area (Å²) in [4.78, 5) is 9.53. The predicted molar refractivity (Wildman–Crippen MR) is 99.0 cm³/mol. The van der Waals surface area contributed by atoms with Crippen LogP contribution in [-0.4, -0.2) is 61.6 Å². The van der Waals surface area contributed by atoms with Crippen LogP contribution < -0.4 is 11.1 Å². The molecule has 0 aliphatic carbocycles. The highest BCUT2D eigenvalue weighted by atomic mass is 15.3. The van der Waals surface area contributed by atoms with Crippen molar-refractivity contribution < 1.29 is 0 Å². The van der Waals surface area contributed by atoms with Crippen LogP contribution >= 0.6 is 0 Å².